The zero-order chi connectivity index (χ0) is 22.8. The number of sulfonamides is 1. The van der Waals surface area contributed by atoms with E-state index in [1.807, 2.05) is 23.1 Å². The molecule has 1 amide bonds. The minimum absolute atomic E-state index is 0.100. The van der Waals surface area contributed by atoms with E-state index in [1.54, 1.807) is 12.1 Å². The van der Waals surface area contributed by atoms with Gasteiger partial charge < -0.3 is 10.2 Å². The molecular weight excluding hydrogens is 436 g/mol. The maximum Gasteiger partial charge on any atom is 0.286 e. The number of hydrogen-bond donors (Lipinski definition) is 1. The summed E-state index contributed by atoms with van der Waals surface area (Å²) >= 11 is 0. The minimum Gasteiger partial charge on any atom is -0.350 e. The standard InChI is InChI=1S/C25H30N4O3S/c30-25(26-18-22(28-14-7-8-15-28)19-9-3-1-4-10-19)20-12-13-21-23(17-20)33(31,32)27-24-11-5-2-6-16-29(21)24/h1,3-4,9-10,12-13,17,22H,2,5-8,11,14-16,18H2,(H,26,30)/t22-/m0/s1. The third kappa shape index (κ3) is 4.54. The Kier molecular flexibility index (Phi) is 6.21. The molecule has 0 spiro atoms. The van der Waals surface area contributed by atoms with Crippen LogP contribution in [-0.4, -0.2) is 51.2 Å². The summed E-state index contributed by atoms with van der Waals surface area (Å²) in [5.41, 5.74) is 2.16. The lowest BCUT2D eigenvalue weighted by molar-refractivity contribution is 0.0937. The fourth-order valence-electron chi connectivity index (χ4n) is 5.10. The van der Waals surface area contributed by atoms with Crippen molar-refractivity contribution >= 4 is 27.5 Å². The SMILES string of the molecule is O=C(NC[C@@H](c1ccccc1)N1CCCC1)c1ccc2c(c1)S(=O)(=O)N=C1CCCCCN12. The highest BCUT2D eigenvalue weighted by Crippen LogP contribution is 2.35. The van der Waals surface area contributed by atoms with Crippen molar-refractivity contribution in [2.24, 2.45) is 4.40 Å². The predicted octanol–water partition coefficient (Wildman–Crippen LogP) is 3.73. The Labute approximate surface area is 195 Å². The zero-order valence-electron chi connectivity index (χ0n) is 18.7. The number of rotatable bonds is 5. The van der Waals surface area contributed by atoms with Gasteiger partial charge in [-0.2, -0.15) is 8.42 Å². The number of amides is 1. The Balaban J connectivity index is 1.37. The van der Waals surface area contributed by atoms with E-state index in [1.165, 1.54) is 24.5 Å². The van der Waals surface area contributed by atoms with Crippen molar-refractivity contribution in [3.8, 4) is 0 Å². The highest BCUT2D eigenvalue weighted by atomic mass is 32.2. The molecule has 5 rings (SSSR count). The molecule has 2 fully saturated rings. The summed E-state index contributed by atoms with van der Waals surface area (Å²) in [6.07, 6.45) is 6.00. The molecule has 0 unspecified atom stereocenters. The van der Waals surface area contributed by atoms with Crippen LogP contribution in [0.3, 0.4) is 0 Å². The number of nitrogens with one attached hydrogen (secondary N) is 1. The minimum atomic E-state index is -3.81. The van der Waals surface area contributed by atoms with Crippen LogP contribution in [0, 0.1) is 0 Å². The van der Waals surface area contributed by atoms with Crippen molar-refractivity contribution in [2.45, 2.75) is 49.5 Å². The van der Waals surface area contributed by atoms with E-state index < -0.39 is 10.0 Å². The average molecular weight is 467 g/mol. The average Bonchev–Trinajstić information content (AvgIpc) is 3.25. The van der Waals surface area contributed by atoms with Gasteiger partial charge in [0.2, 0.25) is 0 Å². The third-order valence-corrected chi connectivity index (χ3v) is 8.17. The molecule has 0 radical (unpaired) electrons. The lowest BCUT2D eigenvalue weighted by atomic mass is 10.1. The molecule has 174 valence electrons. The molecule has 3 aliphatic heterocycles. The molecule has 2 aromatic carbocycles. The van der Waals surface area contributed by atoms with Gasteiger partial charge in [0.1, 0.15) is 10.7 Å². The fraction of sp³-hybridized carbons (Fsp3) is 0.440. The van der Waals surface area contributed by atoms with Crippen molar-refractivity contribution in [1.82, 2.24) is 10.2 Å². The summed E-state index contributed by atoms with van der Waals surface area (Å²) in [6.45, 7) is 3.26. The number of amidine groups is 1. The summed E-state index contributed by atoms with van der Waals surface area (Å²) in [6, 6.07) is 15.3. The van der Waals surface area contributed by atoms with Crippen molar-refractivity contribution in [1.29, 1.82) is 0 Å². The molecular formula is C25H30N4O3S. The van der Waals surface area contributed by atoms with E-state index in [9.17, 15) is 13.2 Å². The highest BCUT2D eigenvalue weighted by molar-refractivity contribution is 7.90. The van der Waals surface area contributed by atoms with Gasteiger partial charge in [-0.15, -0.1) is 4.40 Å². The monoisotopic (exact) mass is 466 g/mol. The van der Waals surface area contributed by atoms with Gasteiger partial charge in [0.15, 0.2) is 0 Å². The summed E-state index contributed by atoms with van der Waals surface area (Å²) in [4.78, 5) is 17.6. The Bertz CT molecular complexity index is 1160. The number of fused-ring (bicyclic) bond motifs is 3. The predicted molar refractivity (Wildman–Crippen MR) is 129 cm³/mol. The molecule has 7 nitrogen and oxygen atoms in total. The third-order valence-electron chi connectivity index (χ3n) is 6.83. The second-order valence-corrected chi connectivity index (χ2v) is 10.6. The summed E-state index contributed by atoms with van der Waals surface area (Å²) < 4.78 is 29.9. The van der Waals surface area contributed by atoms with E-state index in [0.717, 1.165) is 38.9 Å². The van der Waals surface area contributed by atoms with Crippen LogP contribution in [0.25, 0.3) is 0 Å². The number of carbonyl (C=O) groups is 1. The molecule has 3 aliphatic rings. The van der Waals surface area contributed by atoms with Crippen LogP contribution in [0.15, 0.2) is 57.8 Å². The Morgan fingerprint density at radius 2 is 1.73 bits per heavy atom. The van der Waals surface area contributed by atoms with Crippen LogP contribution >= 0.6 is 0 Å². The van der Waals surface area contributed by atoms with Crippen molar-refractivity contribution in [3.63, 3.8) is 0 Å². The first kappa shape index (κ1) is 22.1. The molecule has 2 saturated heterocycles. The molecule has 1 N–H and O–H groups in total. The molecule has 0 aromatic heterocycles. The van der Waals surface area contributed by atoms with Gasteiger partial charge in [-0.25, -0.2) is 0 Å². The Hall–Kier alpha value is -2.71. The number of benzene rings is 2. The summed E-state index contributed by atoms with van der Waals surface area (Å²) in [7, 11) is -3.81. The van der Waals surface area contributed by atoms with E-state index in [0.29, 0.717) is 30.1 Å². The maximum absolute atomic E-state index is 13.1. The Morgan fingerprint density at radius 3 is 2.52 bits per heavy atom. The van der Waals surface area contributed by atoms with Crippen LogP contribution < -0.4 is 10.2 Å². The first-order valence-corrected chi connectivity index (χ1v) is 13.3. The van der Waals surface area contributed by atoms with Crippen LogP contribution in [0.5, 0.6) is 0 Å². The number of carbonyl (C=O) groups excluding carboxylic acids is 1. The molecule has 3 heterocycles. The molecule has 33 heavy (non-hydrogen) atoms. The maximum atomic E-state index is 13.1. The zero-order valence-corrected chi connectivity index (χ0v) is 19.6. The van der Waals surface area contributed by atoms with Gasteiger partial charge in [-0.1, -0.05) is 36.8 Å². The molecule has 1 atom stereocenters. The van der Waals surface area contributed by atoms with Gasteiger partial charge in [-0.05, 0) is 62.5 Å². The van der Waals surface area contributed by atoms with E-state index in [2.05, 4.69) is 26.7 Å². The second kappa shape index (κ2) is 9.27. The molecule has 0 saturated carbocycles. The van der Waals surface area contributed by atoms with Gasteiger partial charge in [0.05, 0.1) is 11.7 Å². The summed E-state index contributed by atoms with van der Waals surface area (Å²) in [5, 5.41) is 3.05. The fourth-order valence-corrected chi connectivity index (χ4v) is 6.38. The Morgan fingerprint density at radius 1 is 0.970 bits per heavy atom. The molecule has 2 aromatic rings. The van der Waals surface area contributed by atoms with Gasteiger partial charge in [0, 0.05) is 25.1 Å². The molecule has 8 heteroatoms. The number of nitrogens with zero attached hydrogens (tertiary/aromatic N) is 3. The molecule has 0 aliphatic carbocycles. The van der Waals surface area contributed by atoms with Gasteiger partial charge in [-0.3, -0.25) is 9.69 Å². The molecule has 0 bridgehead atoms. The van der Waals surface area contributed by atoms with Crippen LogP contribution in [0.4, 0.5) is 5.69 Å². The van der Waals surface area contributed by atoms with Crippen LogP contribution in [0.1, 0.15) is 60.5 Å². The van der Waals surface area contributed by atoms with Crippen LogP contribution in [0.2, 0.25) is 0 Å². The summed E-state index contributed by atoms with van der Waals surface area (Å²) in [5.74, 6) is 0.354. The van der Waals surface area contributed by atoms with E-state index in [-0.39, 0.29) is 16.8 Å². The largest absolute Gasteiger partial charge is 0.350 e. The van der Waals surface area contributed by atoms with Crippen LogP contribution in [-0.2, 0) is 10.0 Å². The second-order valence-electron chi connectivity index (χ2n) is 9.01. The first-order valence-electron chi connectivity index (χ1n) is 11.9. The first-order chi connectivity index (χ1) is 16.0. The van der Waals surface area contributed by atoms with Crippen molar-refractivity contribution < 1.29 is 13.2 Å². The smallest absolute Gasteiger partial charge is 0.286 e. The normalized spacial score (nSPS) is 20.8. The lowest BCUT2D eigenvalue weighted by Gasteiger charge is -2.30. The van der Waals surface area contributed by atoms with Gasteiger partial charge in [0.25, 0.3) is 15.9 Å². The van der Waals surface area contributed by atoms with Crippen molar-refractivity contribution in [3.05, 3.63) is 59.7 Å². The number of likely N-dealkylation sites (tertiary alicyclic amines) is 1. The number of hydrogen-bond acceptors (Lipinski definition) is 5. The van der Waals surface area contributed by atoms with E-state index in [4.69, 9.17) is 0 Å². The van der Waals surface area contributed by atoms with Gasteiger partial charge >= 0.3 is 0 Å². The highest BCUT2D eigenvalue weighted by Gasteiger charge is 2.32. The van der Waals surface area contributed by atoms with E-state index >= 15 is 0 Å². The quantitative estimate of drug-likeness (QED) is 0.726. The lowest BCUT2D eigenvalue weighted by Crippen LogP contribution is -2.37. The van der Waals surface area contributed by atoms with Crippen molar-refractivity contribution in [2.75, 3.05) is 31.1 Å². The topological polar surface area (TPSA) is 82.1 Å². The number of anilines is 1.